The highest BCUT2D eigenvalue weighted by molar-refractivity contribution is 5.19. The van der Waals surface area contributed by atoms with Crippen LogP contribution in [0, 0.1) is 0 Å². The summed E-state index contributed by atoms with van der Waals surface area (Å²) in [5.74, 6) is -0.287. The summed E-state index contributed by atoms with van der Waals surface area (Å²) in [6, 6.07) is 2.75. The summed E-state index contributed by atoms with van der Waals surface area (Å²) in [4.78, 5) is 3.76. The van der Waals surface area contributed by atoms with Crippen LogP contribution in [0.25, 0.3) is 0 Å². The zero-order chi connectivity index (χ0) is 9.90. The predicted octanol–water partition coefficient (Wildman–Crippen LogP) is 2.54. The standard InChI is InChI=1S/C8H8F3NO/c1-2-6-3-4-7(5-12-6)13-8(9,10)11/h3-5H,2H2,1H3. The molecule has 1 aromatic heterocycles. The van der Waals surface area contributed by atoms with Crippen LogP contribution in [-0.2, 0) is 6.42 Å². The summed E-state index contributed by atoms with van der Waals surface area (Å²) < 4.78 is 38.7. The number of aromatic nitrogens is 1. The van der Waals surface area contributed by atoms with Crippen LogP contribution in [-0.4, -0.2) is 11.3 Å². The van der Waals surface area contributed by atoms with Crippen LogP contribution in [0.3, 0.4) is 0 Å². The molecule has 0 aliphatic heterocycles. The van der Waals surface area contributed by atoms with Crippen molar-refractivity contribution in [1.29, 1.82) is 0 Å². The molecule has 0 saturated carbocycles. The van der Waals surface area contributed by atoms with E-state index in [2.05, 4.69) is 9.72 Å². The Morgan fingerprint density at radius 2 is 2.08 bits per heavy atom. The number of rotatable bonds is 2. The molecule has 0 saturated heterocycles. The van der Waals surface area contributed by atoms with E-state index in [0.29, 0.717) is 6.42 Å². The zero-order valence-corrected chi connectivity index (χ0v) is 6.93. The molecule has 1 heterocycles. The molecule has 0 atom stereocenters. The van der Waals surface area contributed by atoms with Gasteiger partial charge in [0.25, 0.3) is 0 Å². The number of nitrogens with zero attached hydrogens (tertiary/aromatic N) is 1. The van der Waals surface area contributed by atoms with Gasteiger partial charge in [0.15, 0.2) is 0 Å². The van der Waals surface area contributed by atoms with E-state index in [1.165, 1.54) is 12.1 Å². The van der Waals surface area contributed by atoms with Gasteiger partial charge >= 0.3 is 6.36 Å². The summed E-state index contributed by atoms with van der Waals surface area (Å²) in [7, 11) is 0. The average Bonchev–Trinajstić information content (AvgIpc) is 2.03. The van der Waals surface area contributed by atoms with Gasteiger partial charge in [0.2, 0.25) is 0 Å². The van der Waals surface area contributed by atoms with E-state index in [-0.39, 0.29) is 5.75 Å². The SMILES string of the molecule is CCc1ccc(OC(F)(F)F)cn1. The monoisotopic (exact) mass is 191 g/mol. The molecule has 5 heteroatoms. The lowest BCUT2D eigenvalue weighted by Crippen LogP contribution is -2.17. The van der Waals surface area contributed by atoms with Crippen molar-refractivity contribution >= 4 is 0 Å². The van der Waals surface area contributed by atoms with Gasteiger partial charge in [0.1, 0.15) is 5.75 Å². The minimum absolute atomic E-state index is 0.287. The van der Waals surface area contributed by atoms with Crippen molar-refractivity contribution in [3.63, 3.8) is 0 Å². The third kappa shape index (κ3) is 3.31. The third-order valence-electron chi connectivity index (χ3n) is 1.39. The van der Waals surface area contributed by atoms with Crippen molar-refractivity contribution in [3.05, 3.63) is 24.0 Å². The van der Waals surface area contributed by atoms with Crippen molar-refractivity contribution in [2.45, 2.75) is 19.7 Å². The molecule has 0 amide bonds. The van der Waals surface area contributed by atoms with E-state index in [1.807, 2.05) is 6.92 Å². The van der Waals surface area contributed by atoms with Crippen LogP contribution >= 0.6 is 0 Å². The Morgan fingerprint density at radius 1 is 1.38 bits per heavy atom. The number of hydrogen-bond donors (Lipinski definition) is 0. The van der Waals surface area contributed by atoms with Gasteiger partial charge in [-0.1, -0.05) is 6.92 Å². The van der Waals surface area contributed by atoms with E-state index < -0.39 is 6.36 Å². The lowest BCUT2D eigenvalue weighted by molar-refractivity contribution is -0.274. The lowest BCUT2D eigenvalue weighted by Gasteiger charge is -2.07. The van der Waals surface area contributed by atoms with Gasteiger partial charge in [0.05, 0.1) is 6.20 Å². The van der Waals surface area contributed by atoms with E-state index in [4.69, 9.17) is 0 Å². The minimum Gasteiger partial charge on any atom is -0.404 e. The maximum atomic E-state index is 11.7. The smallest absolute Gasteiger partial charge is 0.404 e. The fraction of sp³-hybridized carbons (Fsp3) is 0.375. The fourth-order valence-corrected chi connectivity index (χ4v) is 0.814. The Labute approximate surface area is 73.4 Å². The summed E-state index contributed by atoms with van der Waals surface area (Å²) in [5, 5.41) is 0. The van der Waals surface area contributed by atoms with Crippen molar-refractivity contribution in [2.24, 2.45) is 0 Å². The highest BCUT2D eigenvalue weighted by Gasteiger charge is 2.31. The first-order chi connectivity index (χ1) is 6.01. The topological polar surface area (TPSA) is 22.1 Å². The highest BCUT2D eigenvalue weighted by Crippen LogP contribution is 2.21. The molecule has 1 rings (SSSR count). The number of pyridine rings is 1. The second kappa shape index (κ2) is 3.64. The molecule has 0 aliphatic rings. The van der Waals surface area contributed by atoms with Crippen molar-refractivity contribution < 1.29 is 17.9 Å². The molecule has 0 spiro atoms. The summed E-state index contributed by atoms with van der Waals surface area (Å²) in [5.41, 5.74) is 0.731. The molecule has 0 bridgehead atoms. The number of aryl methyl sites for hydroxylation is 1. The second-order valence-electron chi connectivity index (χ2n) is 2.39. The Hall–Kier alpha value is -1.26. The van der Waals surface area contributed by atoms with E-state index in [9.17, 15) is 13.2 Å². The largest absolute Gasteiger partial charge is 0.573 e. The zero-order valence-electron chi connectivity index (χ0n) is 6.93. The molecular weight excluding hydrogens is 183 g/mol. The highest BCUT2D eigenvalue weighted by atomic mass is 19.4. The van der Waals surface area contributed by atoms with Gasteiger partial charge in [-0.3, -0.25) is 4.98 Å². The van der Waals surface area contributed by atoms with E-state index in [0.717, 1.165) is 11.9 Å². The molecule has 0 aliphatic carbocycles. The molecule has 72 valence electrons. The Kier molecular flexibility index (Phi) is 2.75. The van der Waals surface area contributed by atoms with E-state index in [1.54, 1.807) is 0 Å². The van der Waals surface area contributed by atoms with Crippen molar-refractivity contribution in [2.75, 3.05) is 0 Å². The Bertz CT molecular complexity index is 268. The van der Waals surface area contributed by atoms with E-state index >= 15 is 0 Å². The normalized spacial score (nSPS) is 11.4. The minimum atomic E-state index is -4.64. The van der Waals surface area contributed by atoms with Gasteiger partial charge in [-0.05, 0) is 18.6 Å². The van der Waals surface area contributed by atoms with Crippen LogP contribution in [0.4, 0.5) is 13.2 Å². The number of hydrogen-bond acceptors (Lipinski definition) is 2. The van der Waals surface area contributed by atoms with Gasteiger partial charge < -0.3 is 4.74 Å². The maximum absolute atomic E-state index is 11.7. The molecule has 0 fully saturated rings. The number of ether oxygens (including phenoxy) is 1. The first-order valence-electron chi connectivity index (χ1n) is 3.72. The summed E-state index contributed by atoms with van der Waals surface area (Å²) in [6.45, 7) is 1.87. The second-order valence-corrected chi connectivity index (χ2v) is 2.39. The molecule has 13 heavy (non-hydrogen) atoms. The number of alkyl halides is 3. The van der Waals surface area contributed by atoms with Crippen LogP contribution < -0.4 is 4.74 Å². The molecule has 0 aromatic carbocycles. The first kappa shape index (κ1) is 9.83. The van der Waals surface area contributed by atoms with Gasteiger partial charge in [-0.2, -0.15) is 0 Å². The first-order valence-corrected chi connectivity index (χ1v) is 3.72. The molecule has 1 aromatic rings. The Morgan fingerprint density at radius 3 is 2.46 bits per heavy atom. The predicted molar refractivity (Wildman–Crippen MR) is 40.3 cm³/mol. The lowest BCUT2D eigenvalue weighted by atomic mass is 10.3. The summed E-state index contributed by atoms with van der Waals surface area (Å²) >= 11 is 0. The van der Waals surface area contributed by atoms with Gasteiger partial charge in [0, 0.05) is 5.69 Å². The van der Waals surface area contributed by atoms with Gasteiger partial charge in [-0.25, -0.2) is 0 Å². The number of halogens is 3. The van der Waals surface area contributed by atoms with Crippen LogP contribution in [0.2, 0.25) is 0 Å². The molecule has 0 radical (unpaired) electrons. The van der Waals surface area contributed by atoms with Crippen LogP contribution in [0.15, 0.2) is 18.3 Å². The molecule has 0 unspecified atom stereocenters. The molecular formula is C8H8F3NO. The van der Waals surface area contributed by atoms with Crippen molar-refractivity contribution in [3.8, 4) is 5.75 Å². The van der Waals surface area contributed by atoms with Crippen LogP contribution in [0.5, 0.6) is 5.75 Å². The fourth-order valence-electron chi connectivity index (χ4n) is 0.814. The van der Waals surface area contributed by atoms with Gasteiger partial charge in [-0.15, -0.1) is 13.2 Å². The maximum Gasteiger partial charge on any atom is 0.573 e. The summed E-state index contributed by atoms with van der Waals surface area (Å²) in [6.07, 6.45) is -2.89. The van der Waals surface area contributed by atoms with Crippen LogP contribution in [0.1, 0.15) is 12.6 Å². The third-order valence-corrected chi connectivity index (χ3v) is 1.39. The van der Waals surface area contributed by atoms with Crippen molar-refractivity contribution in [1.82, 2.24) is 4.98 Å². The molecule has 2 nitrogen and oxygen atoms in total. The quantitative estimate of drug-likeness (QED) is 0.716. The molecule has 0 N–H and O–H groups in total. The average molecular weight is 191 g/mol. The Balaban J connectivity index is 2.70.